The molecule has 0 bridgehead atoms. The van der Waals surface area contributed by atoms with Gasteiger partial charge in [-0.1, -0.05) is 5.21 Å². The number of nitrogens with one attached hydrogen (secondary N) is 1. The van der Waals surface area contributed by atoms with Crippen LogP contribution < -0.4 is 5.32 Å². The quantitative estimate of drug-likeness (QED) is 0.869. The van der Waals surface area contributed by atoms with Gasteiger partial charge in [0.05, 0.1) is 17.2 Å². The summed E-state index contributed by atoms with van der Waals surface area (Å²) in [7, 11) is 0. The van der Waals surface area contributed by atoms with E-state index >= 15 is 0 Å². The standard InChI is InChI=1S/C8H8BrClN6/c9-6-5-12-8(10)14-7(6)11-1-3-16-4-2-13-15-16/h2,4-5H,1,3H2,(H,11,12,14). The molecule has 84 valence electrons. The first-order valence-electron chi connectivity index (χ1n) is 4.52. The highest BCUT2D eigenvalue weighted by atomic mass is 79.9. The van der Waals surface area contributed by atoms with Gasteiger partial charge in [0, 0.05) is 18.9 Å². The molecule has 0 saturated carbocycles. The first-order chi connectivity index (χ1) is 7.75. The molecule has 0 unspecified atom stereocenters. The fourth-order valence-electron chi connectivity index (χ4n) is 1.11. The summed E-state index contributed by atoms with van der Waals surface area (Å²) in [6, 6.07) is 0. The highest BCUT2D eigenvalue weighted by Gasteiger charge is 2.02. The summed E-state index contributed by atoms with van der Waals surface area (Å²) < 4.78 is 2.50. The van der Waals surface area contributed by atoms with Gasteiger partial charge < -0.3 is 5.32 Å². The van der Waals surface area contributed by atoms with Crippen molar-refractivity contribution in [1.82, 2.24) is 25.0 Å². The summed E-state index contributed by atoms with van der Waals surface area (Å²) >= 11 is 9.01. The van der Waals surface area contributed by atoms with Crippen LogP contribution in [0.5, 0.6) is 0 Å². The van der Waals surface area contributed by atoms with E-state index in [1.807, 2.05) is 0 Å². The lowest BCUT2D eigenvalue weighted by atomic mass is 10.5. The van der Waals surface area contributed by atoms with Crippen molar-refractivity contribution in [3.8, 4) is 0 Å². The van der Waals surface area contributed by atoms with Crippen molar-refractivity contribution in [2.45, 2.75) is 6.54 Å². The van der Waals surface area contributed by atoms with Crippen LogP contribution in [0.2, 0.25) is 5.28 Å². The minimum absolute atomic E-state index is 0.214. The Morgan fingerprint density at radius 1 is 1.50 bits per heavy atom. The maximum Gasteiger partial charge on any atom is 0.224 e. The molecular weight excluding hydrogens is 295 g/mol. The molecule has 0 fully saturated rings. The molecule has 0 spiro atoms. The van der Waals surface area contributed by atoms with Crippen LogP contribution in [-0.2, 0) is 6.54 Å². The van der Waals surface area contributed by atoms with Gasteiger partial charge in [0.2, 0.25) is 5.28 Å². The molecule has 6 nitrogen and oxygen atoms in total. The minimum atomic E-state index is 0.214. The number of rotatable bonds is 4. The van der Waals surface area contributed by atoms with Crippen LogP contribution in [-0.4, -0.2) is 31.5 Å². The van der Waals surface area contributed by atoms with E-state index in [-0.39, 0.29) is 5.28 Å². The SMILES string of the molecule is Clc1ncc(Br)c(NCCn2ccnn2)n1. The average molecular weight is 304 g/mol. The van der Waals surface area contributed by atoms with Crippen molar-refractivity contribution in [3.05, 3.63) is 28.3 Å². The van der Waals surface area contributed by atoms with Gasteiger partial charge in [0.15, 0.2) is 0 Å². The van der Waals surface area contributed by atoms with Crippen LogP contribution in [0.25, 0.3) is 0 Å². The first kappa shape index (κ1) is 11.3. The molecule has 16 heavy (non-hydrogen) atoms. The lowest BCUT2D eigenvalue weighted by molar-refractivity contribution is 0.608. The van der Waals surface area contributed by atoms with Crippen LogP contribution in [0.3, 0.4) is 0 Å². The monoisotopic (exact) mass is 302 g/mol. The molecule has 0 amide bonds. The third-order valence-electron chi connectivity index (χ3n) is 1.82. The summed E-state index contributed by atoms with van der Waals surface area (Å²) in [5.41, 5.74) is 0. The highest BCUT2D eigenvalue weighted by Crippen LogP contribution is 2.19. The zero-order chi connectivity index (χ0) is 11.4. The van der Waals surface area contributed by atoms with Gasteiger partial charge in [-0.2, -0.15) is 4.98 Å². The largest absolute Gasteiger partial charge is 0.367 e. The summed E-state index contributed by atoms with van der Waals surface area (Å²) in [6.07, 6.45) is 5.04. The van der Waals surface area contributed by atoms with Crippen molar-refractivity contribution in [1.29, 1.82) is 0 Å². The van der Waals surface area contributed by atoms with Crippen LogP contribution in [0.15, 0.2) is 23.1 Å². The van der Waals surface area contributed by atoms with E-state index in [0.29, 0.717) is 18.9 Å². The molecule has 2 aromatic heterocycles. The van der Waals surface area contributed by atoms with Gasteiger partial charge in [0.1, 0.15) is 5.82 Å². The normalized spacial score (nSPS) is 10.4. The van der Waals surface area contributed by atoms with E-state index in [0.717, 1.165) is 4.47 Å². The predicted molar refractivity (Wildman–Crippen MR) is 63.3 cm³/mol. The Morgan fingerprint density at radius 2 is 2.38 bits per heavy atom. The summed E-state index contributed by atoms with van der Waals surface area (Å²) in [5.74, 6) is 0.667. The number of halogens is 2. The van der Waals surface area contributed by atoms with Gasteiger partial charge >= 0.3 is 0 Å². The third kappa shape index (κ3) is 2.89. The van der Waals surface area contributed by atoms with Crippen molar-refractivity contribution >= 4 is 33.3 Å². The molecule has 2 rings (SSSR count). The molecule has 0 saturated heterocycles. The van der Waals surface area contributed by atoms with E-state index in [1.54, 1.807) is 23.3 Å². The van der Waals surface area contributed by atoms with E-state index in [9.17, 15) is 0 Å². The smallest absolute Gasteiger partial charge is 0.224 e. The molecule has 0 atom stereocenters. The lowest BCUT2D eigenvalue weighted by Gasteiger charge is -2.06. The molecule has 0 aromatic carbocycles. The zero-order valence-corrected chi connectivity index (χ0v) is 10.5. The summed E-state index contributed by atoms with van der Waals surface area (Å²) in [4.78, 5) is 7.88. The van der Waals surface area contributed by atoms with Gasteiger partial charge in [-0.15, -0.1) is 5.10 Å². The molecule has 0 aliphatic rings. The molecule has 0 radical (unpaired) electrons. The second kappa shape index (κ2) is 5.22. The van der Waals surface area contributed by atoms with E-state index in [2.05, 4.69) is 41.5 Å². The van der Waals surface area contributed by atoms with E-state index in [4.69, 9.17) is 11.6 Å². The second-order valence-corrected chi connectivity index (χ2v) is 4.12. The van der Waals surface area contributed by atoms with Crippen LogP contribution >= 0.6 is 27.5 Å². The van der Waals surface area contributed by atoms with Gasteiger partial charge in [-0.25, -0.2) is 4.98 Å². The molecular formula is C8H8BrClN6. The minimum Gasteiger partial charge on any atom is -0.367 e. The zero-order valence-electron chi connectivity index (χ0n) is 8.14. The van der Waals surface area contributed by atoms with Crippen molar-refractivity contribution in [2.75, 3.05) is 11.9 Å². The fourth-order valence-corrected chi connectivity index (χ4v) is 1.57. The van der Waals surface area contributed by atoms with Gasteiger partial charge in [-0.05, 0) is 27.5 Å². The third-order valence-corrected chi connectivity index (χ3v) is 2.58. The first-order valence-corrected chi connectivity index (χ1v) is 5.69. The van der Waals surface area contributed by atoms with E-state index in [1.165, 1.54) is 0 Å². The summed E-state index contributed by atoms with van der Waals surface area (Å²) in [6.45, 7) is 1.38. The number of aromatic nitrogens is 5. The molecule has 8 heteroatoms. The molecule has 1 N–H and O–H groups in total. The Kier molecular flexibility index (Phi) is 3.68. The van der Waals surface area contributed by atoms with E-state index < -0.39 is 0 Å². The summed E-state index contributed by atoms with van der Waals surface area (Å²) in [5, 5.41) is 10.9. The average Bonchev–Trinajstić information content (AvgIpc) is 2.76. The lowest BCUT2D eigenvalue weighted by Crippen LogP contribution is -2.12. The number of hydrogen-bond donors (Lipinski definition) is 1. The maximum absolute atomic E-state index is 5.68. The number of hydrogen-bond acceptors (Lipinski definition) is 5. The molecule has 0 aliphatic heterocycles. The number of nitrogens with zero attached hydrogens (tertiary/aromatic N) is 5. The Hall–Kier alpha value is -1.21. The Morgan fingerprint density at radius 3 is 3.12 bits per heavy atom. The molecule has 0 aliphatic carbocycles. The Labute approximate surface area is 105 Å². The topological polar surface area (TPSA) is 68.5 Å². The van der Waals surface area contributed by atoms with Crippen LogP contribution in [0.1, 0.15) is 0 Å². The van der Waals surface area contributed by atoms with Crippen molar-refractivity contribution < 1.29 is 0 Å². The highest BCUT2D eigenvalue weighted by molar-refractivity contribution is 9.10. The molecule has 2 aromatic rings. The maximum atomic E-state index is 5.68. The van der Waals surface area contributed by atoms with Crippen LogP contribution in [0.4, 0.5) is 5.82 Å². The predicted octanol–water partition coefficient (Wildman–Crippen LogP) is 1.60. The van der Waals surface area contributed by atoms with Gasteiger partial charge in [0.25, 0.3) is 0 Å². The Balaban J connectivity index is 1.92. The Bertz CT molecular complexity index is 460. The van der Waals surface area contributed by atoms with Gasteiger partial charge in [-0.3, -0.25) is 4.68 Å². The van der Waals surface area contributed by atoms with Crippen molar-refractivity contribution in [3.63, 3.8) is 0 Å². The molecule has 2 heterocycles. The second-order valence-electron chi connectivity index (χ2n) is 2.93. The fraction of sp³-hybridized carbons (Fsp3) is 0.250. The van der Waals surface area contributed by atoms with Crippen molar-refractivity contribution in [2.24, 2.45) is 0 Å². The number of anilines is 1. The van der Waals surface area contributed by atoms with Crippen LogP contribution in [0, 0.1) is 0 Å².